The minimum atomic E-state index is 0.586. The zero-order valence-electron chi connectivity index (χ0n) is 33.2. The molecule has 0 aliphatic heterocycles. The molecule has 12 aromatic rings. The molecule has 4 heterocycles. The van der Waals surface area contributed by atoms with Crippen molar-refractivity contribution in [3.63, 3.8) is 0 Å². The summed E-state index contributed by atoms with van der Waals surface area (Å²) in [5, 5.41) is 3.86. The van der Waals surface area contributed by atoms with Crippen molar-refractivity contribution in [2.45, 2.75) is 0 Å². The molecular formula is C56H34N4O2. The van der Waals surface area contributed by atoms with Crippen molar-refractivity contribution < 1.29 is 8.83 Å². The van der Waals surface area contributed by atoms with Crippen LogP contribution in [-0.2, 0) is 0 Å². The largest absolute Gasteiger partial charge is 0.454 e. The van der Waals surface area contributed by atoms with Gasteiger partial charge in [0.2, 0.25) is 0 Å². The highest BCUT2D eigenvalue weighted by atomic mass is 16.3. The van der Waals surface area contributed by atoms with E-state index >= 15 is 0 Å². The predicted molar refractivity (Wildman–Crippen MR) is 250 cm³/mol. The molecule has 0 fully saturated rings. The highest BCUT2D eigenvalue weighted by Crippen LogP contribution is 2.47. The van der Waals surface area contributed by atoms with E-state index in [2.05, 4.69) is 103 Å². The van der Waals surface area contributed by atoms with Crippen molar-refractivity contribution in [1.82, 2.24) is 19.9 Å². The number of furan rings is 2. The van der Waals surface area contributed by atoms with E-state index in [1.165, 1.54) is 0 Å². The van der Waals surface area contributed by atoms with Crippen LogP contribution < -0.4 is 0 Å². The van der Waals surface area contributed by atoms with Crippen molar-refractivity contribution in [3.05, 3.63) is 206 Å². The minimum Gasteiger partial charge on any atom is -0.454 e. The second-order valence-corrected chi connectivity index (χ2v) is 15.3. The molecule has 0 bridgehead atoms. The van der Waals surface area contributed by atoms with Crippen LogP contribution >= 0.6 is 0 Å². The number of rotatable bonds is 7. The number of para-hydroxylation sites is 2. The average Bonchev–Trinajstić information content (AvgIpc) is 3.92. The normalized spacial score (nSPS) is 11.5. The Bertz CT molecular complexity index is 3270. The molecular weight excluding hydrogens is 761 g/mol. The molecule has 12 rings (SSSR count). The van der Waals surface area contributed by atoms with Crippen LogP contribution in [0.4, 0.5) is 0 Å². The third-order valence-electron chi connectivity index (χ3n) is 11.5. The first-order valence-corrected chi connectivity index (χ1v) is 20.6. The second kappa shape index (κ2) is 14.7. The predicted octanol–water partition coefficient (Wildman–Crippen LogP) is 14.7. The molecule has 0 saturated heterocycles. The maximum absolute atomic E-state index is 7.10. The first-order valence-electron chi connectivity index (χ1n) is 20.6. The SMILES string of the molecule is c1ccc(-c2cc(-c3ccccc3)nc(-c3cccc4c3oc3c(-c5ccccc5)c5oc6c(-c7nc(-c8ccccc8)cc(-c8ccccc8)n7)cccc6c5cc34)n2)cc1. The summed E-state index contributed by atoms with van der Waals surface area (Å²) in [5.74, 6) is 1.17. The molecule has 8 aromatic carbocycles. The van der Waals surface area contributed by atoms with Gasteiger partial charge in [0.25, 0.3) is 0 Å². The van der Waals surface area contributed by atoms with Gasteiger partial charge in [0.15, 0.2) is 11.6 Å². The molecule has 0 aliphatic rings. The van der Waals surface area contributed by atoms with Gasteiger partial charge in [-0.05, 0) is 35.9 Å². The maximum Gasteiger partial charge on any atom is 0.164 e. The quantitative estimate of drug-likeness (QED) is 0.160. The van der Waals surface area contributed by atoms with Crippen molar-refractivity contribution in [1.29, 1.82) is 0 Å². The molecule has 6 heteroatoms. The van der Waals surface area contributed by atoms with E-state index < -0.39 is 0 Å². The summed E-state index contributed by atoms with van der Waals surface area (Å²) >= 11 is 0. The van der Waals surface area contributed by atoms with E-state index in [0.717, 1.165) is 100.0 Å². The Balaban J connectivity index is 1.10. The van der Waals surface area contributed by atoms with Crippen LogP contribution in [0.25, 0.3) is 123 Å². The van der Waals surface area contributed by atoms with Gasteiger partial charge in [0.1, 0.15) is 22.3 Å². The Morgan fingerprint density at radius 1 is 0.258 bits per heavy atom. The van der Waals surface area contributed by atoms with Crippen LogP contribution in [0.15, 0.2) is 215 Å². The van der Waals surface area contributed by atoms with Crippen molar-refractivity contribution in [2.75, 3.05) is 0 Å². The van der Waals surface area contributed by atoms with Gasteiger partial charge in [-0.1, -0.05) is 176 Å². The molecule has 0 amide bonds. The molecule has 0 N–H and O–H groups in total. The van der Waals surface area contributed by atoms with E-state index in [1.807, 2.05) is 103 Å². The first-order chi connectivity index (χ1) is 30.7. The molecule has 0 saturated carbocycles. The Morgan fingerprint density at radius 2 is 0.581 bits per heavy atom. The number of aromatic nitrogens is 4. The number of hydrogen-bond donors (Lipinski definition) is 0. The maximum atomic E-state index is 7.10. The topological polar surface area (TPSA) is 77.8 Å². The second-order valence-electron chi connectivity index (χ2n) is 15.3. The highest BCUT2D eigenvalue weighted by molar-refractivity contribution is 6.23. The lowest BCUT2D eigenvalue weighted by atomic mass is 9.98. The number of fused-ring (bicyclic) bond motifs is 6. The van der Waals surface area contributed by atoms with Crippen LogP contribution in [0.5, 0.6) is 0 Å². The lowest BCUT2D eigenvalue weighted by Crippen LogP contribution is -1.96. The van der Waals surface area contributed by atoms with Gasteiger partial charge >= 0.3 is 0 Å². The summed E-state index contributed by atoms with van der Waals surface area (Å²) in [6, 6.07) is 70.0. The Hall–Kier alpha value is -8.48. The zero-order valence-corrected chi connectivity index (χ0v) is 33.2. The lowest BCUT2D eigenvalue weighted by Gasteiger charge is -2.09. The van der Waals surface area contributed by atoms with Crippen molar-refractivity contribution in [3.8, 4) is 78.9 Å². The molecule has 0 spiro atoms. The highest BCUT2D eigenvalue weighted by Gasteiger charge is 2.25. The van der Waals surface area contributed by atoms with Crippen molar-refractivity contribution >= 4 is 43.9 Å². The van der Waals surface area contributed by atoms with E-state index in [9.17, 15) is 0 Å². The fourth-order valence-corrected chi connectivity index (χ4v) is 8.56. The molecule has 0 radical (unpaired) electrons. The van der Waals surface area contributed by atoms with Gasteiger partial charge in [0, 0.05) is 43.8 Å². The molecule has 290 valence electrons. The summed E-state index contributed by atoms with van der Waals surface area (Å²) < 4.78 is 14.2. The zero-order chi connectivity index (χ0) is 41.0. The van der Waals surface area contributed by atoms with Gasteiger partial charge in [-0.15, -0.1) is 0 Å². The molecule has 0 atom stereocenters. The van der Waals surface area contributed by atoms with Gasteiger partial charge in [-0.25, -0.2) is 19.9 Å². The summed E-state index contributed by atoms with van der Waals surface area (Å²) in [6.07, 6.45) is 0. The number of nitrogens with zero attached hydrogens (tertiary/aromatic N) is 4. The van der Waals surface area contributed by atoms with E-state index in [4.69, 9.17) is 28.8 Å². The molecule has 62 heavy (non-hydrogen) atoms. The first kappa shape index (κ1) is 35.5. The average molecular weight is 795 g/mol. The summed E-state index contributed by atoms with van der Waals surface area (Å²) in [4.78, 5) is 20.7. The third-order valence-corrected chi connectivity index (χ3v) is 11.5. The van der Waals surface area contributed by atoms with Gasteiger partial charge in [0.05, 0.1) is 39.5 Å². The van der Waals surface area contributed by atoms with Crippen LogP contribution in [0, 0.1) is 0 Å². The lowest BCUT2D eigenvalue weighted by molar-refractivity contribution is 0.658. The smallest absolute Gasteiger partial charge is 0.164 e. The minimum absolute atomic E-state index is 0.586. The van der Waals surface area contributed by atoms with Crippen LogP contribution in [0.3, 0.4) is 0 Å². The van der Waals surface area contributed by atoms with E-state index in [1.54, 1.807) is 0 Å². The summed E-state index contributed by atoms with van der Waals surface area (Å²) in [6.45, 7) is 0. The monoisotopic (exact) mass is 794 g/mol. The van der Waals surface area contributed by atoms with Crippen LogP contribution in [0.2, 0.25) is 0 Å². The third kappa shape index (κ3) is 6.04. The fraction of sp³-hybridized carbons (Fsp3) is 0. The van der Waals surface area contributed by atoms with Gasteiger partial charge in [-0.3, -0.25) is 0 Å². The molecule has 4 aromatic heterocycles. The van der Waals surface area contributed by atoms with E-state index in [0.29, 0.717) is 22.8 Å². The number of hydrogen-bond acceptors (Lipinski definition) is 6. The standard InChI is InChI=1S/C56H34N4O2/c1-6-18-35(19-7-1)46-33-47(36-20-8-2-9-21-36)58-55(57-46)42-30-16-28-40-44-32-45-41-29-17-31-43(52(41)62-54(45)50(53(44)61-51(40)42)39-26-14-5-15-27-39)56-59-48(37-22-10-3-11-23-37)34-49(60-56)38-24-12-4-13-25-38/h1-34H. The van der Waals surface area contributed by atoms with Gasteiger partial charge < -0.3 is 8.83 Å². The van der Waals surface area contributed by atoms with Crippen molar-refractivity contribution in [2.24, 2.45) is 0 Å². The van der Waals surface area contributed by atoms with Gasteiger partial charge in [-0.2, -0.15) is 0 Å². The number of benzene rings is 8. The Morgan fingerprint density at radius 3 is 0.919 bits per heavy atom. The summed E-state index contributed by atoms with van der Waals surface area (Å²) in [7, 11) is 0. The van der Waals surface area contributed by atoms with Crippen LogP contribution in [0.1, 0.15) is 0 Å². The fourth-order valence-electron chi connectivity index (χ4n) is 8.56. The molecule has 6 nitrogen and oxygen atoms in total. The van der Waals surface area contributed by atoms with E-state index in [-0.39, 0.29) is 0 Å². The molecule has 0 aliphatic carbocycles. The molecule has 0 unspecified atom stereocenters. The summed E-state index contributed by atoms with van der Waals surface area (Å²) in [5.41, 5.74) is 13.7. The van der Waals surface area contributed by atoms with Crippen LogP contribution in [-0.4, -0.2) is 19.9 Å². The Labute approximate surface area is 356 Å². The Kier molecular flexibility index (Phi) is 8.38.